The molecule has 2 nitrogen and oxygen atoms in total. The van der Waals surface area contributed by atoms with E-state index in [4.69, 9.17) is 16.0 Å². The number of hydrogen-bond donors (Lipinski definition) is 1. The number of halogens is 1. The Morgan fingerprint density at radius 1 is 1.60 bits per heavy atom. The maximum atomic E-state index is 9.53. The molecule has 0 spiro atoms. The van der Waals surface area contributed by atoms with E-state index in [1.807, 2.05) is 0 Å². The van der Waals surface area contributed by atoms with Gasteiger partial charge in [-0.05, 0) is 30.5 Å². The Morgan fingerprint density at radius 2 is 2.30 bits per heavy atom. The molecule has 0 aliphatic heterocycles. The molecular formula is C7H7ClO2. The Morgan fingerprint density at radius 3 is 2.70 bits per heavy atom. The minimum absolute atomic E-state index is 0.319. The Hall–Kier alpha value is -0.470. The molecule has 1 aliphatic rings. The molecule has 1 heterocycles. The van der Waals surface area contributed by atoms with Crippen molar-refractivity contribution in [2.45, 2.75) is 18.4 Å². The van der Waals surface area contributed by atoms with Gasteiger partial charge in [0.15, 0.2) is 5.22 Å². The van der Waals surface area contributed by atoms with E-state index in [0.717, 1.165) is 18.4 Å². The molecule has 0 unspecified atom stereocenters. The van der Waals surface area contributed by atoms with Crippen LogP contribution < -0.4 is 0 Å². The lowest BCUT2D eigenvalue weighted by Gasteiger charge is -2.02. The minimum Gasteiger partial charge on any atom is -0.453 e. The maximum absolute atomic E-state index is 9.53. The summed E-state index contributed by atoms with van der Waals surface area (Å²) in [5.41, 5.74) is 0.0681. The highest BCUT2D eigenvalue weighted by atomic mass is 35.5. The van der Waals surface area contributed by atoms with Crippen molar-refractivity contribution in [2.75, 3.05) is 0 Å². The van der Waals surface area contributed by atoms with Gasteiger partial charge in [-0.25, -0.2) is 0 Å². The van der Waals surface area contributed by atoms with E-state index in [1.165, 1.54) is 6.26 Å². The molecule has 54 valence electrons. The average molecular weight is 159 g/mol. The van der Waals surface area contributed by atoms with Crippen LogP contribution >= 0.6 is 11.6 Å². The first kappa shape index (κ1) is 6.25. The summed E-state index contributed by atoms with van der Waals surface area (Å²) in [7, 11) is 0. The third-order valence-electron chi connectivity index (χ3n) is 1.84. The van der Waals surface area contributed by atoms with Gasteiger partial charge >= 0.3 is 0 Å². The van der Waals surface area contributed by atoms with E-state index >= 15 is 0 Å². The predicted octanol–water partition coefficient (Wildman–Crippen LogP) is 1.91. The van der Waals surface area contributed by atoms with Gasteiger partial charge in [-0.15, -0.1) is 0 Å². The highest BCUT2D eigenvalue weighted by Crippen LogP contribution is 2.47. The van der Waals surface area contributed by atoms with E-state index in [9.17, 15) is 5.11 Å². The van der Waals surface area contributed by atoms with Crippen molar-refractivity contribution in [3.8, 4) is 0 Å². The number of rotatable bonds is 1. The van der Waals surface area contributed by atoms with Gasteiger partial charge < -0.3 is 9.52 Å². The van der Waals surface area contributed by atoms with Crippen molar-refractivity contribution in [1.29, 1.82) is 0 Å². The molecule has 1 saturated carbocycles. The quantitative estimate of drug-likeness (QED) is 0.678. The summed E-state index contributed by atoms with van der Waals surface area (Å²) in [6.07, 6.45) is 3.09. The summed E-state index contributed by atoms with van der Waals surface area (Å²) in [6.45, 7) is 0. The molecule has 3 heteroatoms. The summed E-state index contributed by atoms with van der Waals surface area (Å²) in [4.78, 5) is 0. The third-order valence-corrected chi connectivity index (χ3v) is 2.14. The largest absolute Gasteiger partial charge is 0.453 e. The second-order valence-corrected chi connectivity index (χ2v) is 2.98. The van der Waals surface area contributed by atoms with E-state index < -0.39 is 5.60 Å². The van der Waals surface area contributed by atoms with Crippen LogP contribution in [0.15, 0.2) is 16.7 Å². The van der Waals surface area contributed by atoms with E-state index in [-0.39, 0.29) is 0 Å². The van der Waals surface area contributed by atoms with Gasteiger partial charge in [0, 0.05) is 5.56 Å². The van der Waals surface area contributed by atoms with Crippen LogP contribution in [-0.2, 0) is 5.60 Å². The molecule has 1 aliphatic carbocycles. The van der Waals surface area contributed by atoms with Gasteiger partial charge in [-0.2, -0.15) is 0 Å². The van der Waals surface area contributed by atoms with Gasteiger partial charge in [-0.1, -0.05) is 0 Å². The molecule has 1 N–H and O–H groups in total. The van der Waals surface area contributed by atoms with Crippen molar-refractivity contribution >= 4 is 11.6 Å². The summed E-state index contributed by atoms with van der Waals surface area (Å²) in [6, 6.07) is 1.72. The SMILES string of the molecule is OC1(c2ccoc2Cl)CC1. The molecule has 0 bridgehead atoms. The maximum Gasteiger partial charge on any atom is 0.199 e. The summed E-state index contributed by atoms with van der Waals surface area (Å²) >= 11 is 5.64. The molecule has 1 aromatic heterocycles. The van der Waals surface area contributed by atoms with Gasteiger partial charge in [0.25, 0.3) is 0 Å². The van der Waals surface area contributed by atoms with Gasteiger partial charge in [0.1, 0.15) is 0 Å². The standard InChI is InChI=1S/C7H7ClO2/c8-6-5(1-4-10-6)7(9)2-3-7/h1,4,9H,2-3H2. The van der Waals surface area contributed by atoms with Crippen molar-refractivity contribution in [2.24, 2.45) is 0 Å². The zero-order valence-electron chi connectivity index (χ0n) is 5.30. The van der Waals surface area contributed by atoms with E-state index in [0.29, 0.717) is 5.22 Å². The van der Waals surface area contributed by atoms with Gasteiger partial charge in [0.05, 0.1) is 11.9 Å². The highest BCUT2D eigenvalue weighted by molar-refractivity contribution is 6.29. The molecule has 0 amide bonds. The molecule has 1 fully saturated rings. The second kappa shape index (κ2) is 1.77. The van der Waals surface area contributed by atoms with Crippen LogP contribution in [0.4, 0.5) is 0 Å². The first-order valence-electron chi connectivity index (χ1n) is 3.18. The number of hydrogen-bond acceptors (Lipinski definition) is 2. The molecular weight excluding hydrogens is 152 g/mol. The molecule has 2 rings (SSSR count). The van der Waals surface area contributed by atoms with Crippen molar-refractivity contribution < 1.29 is 9.52 Å². The lowest BCUT2D eigenvalue weighted by molar-refractivity contribution is 0.151. The molecule has 0 atom stereocenters. The van der Waals surface area contributed by atoms with E-state index in [1.54, 1.807) is 6.07 Å². The Labute approximate surface area is 63.4 Å². The summed E-state index contributed by atoms with van der Waals surface area (Å²) in [5, 5.41) is 9.84. The Balaban J connectivity index is 2.42. The first-order valence-corrected chi connectivity index (χ1v) is 3.56. The Bertz CT molecular complexity index is 250. The third kappa shape index (κ3) is 0.762. The molecule has 0 saturated heterocycles. The first-order chi connectivity index (χ1) is 4.72. The van der Waals surface area contributed by atoms with Crippen molar-refractivity contribution in [1.82, 2.24) is 0 Å². The fourth-order valence-corrected chi connectivity index (χ4v) is 1.31. The normalized spacial score (nSPS) is 21.0. The fraction of sp³-hybridized carbons (Fsp3) is 0.429. The van der Waals surface area contributed by atoms with Crippen LogP contribution in [-0.4, -0.2) is 5.11 Å². The summed E-state index contributed by atoms with van der Waals surface area (Å²) < 4.78 is 4.84. The minimum atomic E-state index is -0.663. The van der Waals surface area contributed by atoms with Crippen LogP contribution in [0.1, 0.15) is 18.4 Å². The smallest absolute Gasteiger partial charge is 0.199 e. The van der Waals surface area contributed by atoms with Crippen LogP contribution in [0.2, 0.25) is 5.22 Å². The van der Waals surface area contributed by atoms with Crippen molar-refractivity contribution in [3.05, 3.63) is 23.1 Å². The molecule has 0 aromatic carbocycles. The zero-order valence-corrected chi connectivity index (χ0v) is 6.06. The van der Waals surface area contributed by atoms with E-state index in [2.05, 4.69) is 0 Å². The Kier molecular flexibility index (Phi) is 1.11. The average Bonchev–Trinajstić information content (AvgIpc) is 2.44. The van der Waals surface area contributed by atoms with Gasteiger partial charge in [-0.3, -0.25) is 0 Å². The van der Waals surface area contributed by atoms with Gasteiger partial charge in [0.2, 0.25) is 0 Å². The lowest BCUT2D eigenvalue weighted by Crippen LogP contribution is -2.02. The van der Waals surface area contributed by atoms with Crippen molar-refractivity contribution in [3.63, 3.8) is 0 Å². The summed E-state index contributed by atoms with van der Waals surface area (Å²) in [5.74, 6) is 0. The lowest BCUT2D eigenvalue weighted by atomic mass is 10.2. The van der Waals surface area contributed by atoms with Crippen LogP contribution in [0.3, 0.4) is 0 Å². The van der Waals surface area contributed by atoms with Crippen LogP contribution in [0.5, 0.6) is 0 Å². The zero-order chi connectivity index (χ0) is 7.19. The number of furan rings is 1. The monoisotopic (exact) mass is 158 g/mol. The van der Waals surface area contributed by atoms with Crippen LogP contribution in [0.25, 0.3) is 0 Å². The topological polar surface area (TPSA) is 33.4 Å². The second-order valence-electron chi connectivity index (χ2n) is 2.64. The fourth-order valence-electron chi connectivity index (χ4n) is 1.02. The van der Waals surface area contributed by atoms with Crippen LogP contribution in [0, 0.1) is 0 Å². The predicted molar refractivity (Wildman–Crippen MR) is 36.8 cm³/mol. The highest BCUT2D eigenvalue weighted by Gasteiger charge is 2.44. The molecule has 1 aromatic rings. The molecule has 0 radical (unpaired) electrons. The molecule has 10 heavy (non-hydrogen) atoms. The number of aliphatic hydroxyl groups is 1.